The molecule has 2 rings (SSSR count). The van der Waals surface area contributed by atoms with Crippen LogP contribution < -0.4 is 0 Å². The van der Waals surface area contributed by atoms with Crippen LogP contribution in [0, 0.1) is 0 Å². The van der Waals surface area contributed by atoms with Crippen molar-refractivity contribution in [1.82, 2.24) is 0 Å². The third kappa shape index (κ3) is 2.92. The van der Waals surface area contributed by atoms with Crippen molar-refractivity contribution in [2.75, 3.05) is 0 Å². The molecule has 1 aromatic carbocycles. The maximum atomic E-state index is 13.0. The highest BCUT2D eigenvalue weighted by atomic mass is 32.2. The lowest BCUT2D eigenvalue weighted by Crippen LogP contribution is -2.38. The third-order valence-corrected chi connectivity index (χ3v) is 6.04. The topological polar surface area (TPSA) is 58.9 Å². The van der Waals surface area contributed by atoms with Gasteiger partial charge >= 0.3 is 0 Å². The molecule has 1 aromatic rings. The van der Waals surface area contributed by atoms with Gasteiger partial charge in [-0.1, -0.05) is 24.6 Å². The quantitative estimate of drug-likeness (QED) is 0.788. The van der Waals surface area contributed by atoms with E-state index < -0.39 is 14.7 Å². The molecule has 0 unspecified atom stereocenters. The number of rotatable bonds is 4. The Kier molecular flexibility index (Phi) is 4.58. The molecule has 20 heavy (non-hydrogen) atoms. The van der Waals surface area contributed by atoms with Crippen LogP contribution in [0.1, 0.15) is 46.0 Å². The van der Waals surface area contributed by atoms with Gasteiger partial charge in [0.05, 0.1) is 10.9 Å². The second-order valence-electron chi connectivity index (χ2n) is 5.63. The van der Waals surface area contributed by atoms with Gasteiger partial charge in [-0.05, 0) is 51.7 Å². The van der Waals surface area contributed by atoms with Gasteiger partial charge in [-0.25, -0.2) is 8.42 Å². The van der Waals surface area contributed by atoms with Crippen LogP contribution in [0.25, 0.3) is 0 Å². The van der Waals surface area contributed by atoms with E-state index in [1.165, 1.54) is 0 Å². The van der Waals surface area contributed by atoms with E-state index >= 15 is 0 Å². The zero-order chi connectivity index (χ0) is 14.6. The van der Waals surface area contributed by atoms with Crippen molar-refractivity contribution in [2.24, 2.45) is 10.2 Å². The van der Waals surface area contributed by atoms with E-state index in [1.54, 1.807) is 24.3 Å². The lowest BCUT2D eigenvalue weighted by molar-refractivity contribution is 0.366. The van der Waals surface area contributed by atoms with Gasteiger partial charge in [0, 0.05) is 0 Å². The van der Waals surface area contributed by atoms with Gasteiger partial charge in [0.15, 0.2) is 4.87 Å². The highest BCUT2D eigenvalue weighted by Crippen LogP contribution is 2.40. The number of sulfone groups is 1. The summed E-state index contributed by atoms with van der Waals surface area (Å²) in [6.45, 7) is 3.82. The molecule has 0 bridgehead atoms. The minimum Gasteiger partial charge on any atom is -0.221 e. The molecule has 4 nitrogen and oxygen atoms in total. The van der Waals surface area contributed by atoms with Gasteiger partial charge in [0.25, 0.3) is 0 Å². The number of azo groups is 1. The van der Waals surface area contributed by atoms with Crippen molar-refractivity contribution in [3.63, 3.8) is 0 Å². The number of benzene rings is 1. The highest BCUT2D eigenvalue weighted by Gasteiger charge is 2.46. The van der Waals surface area contributed by atoms with Gasteiger partial charge in [0.1, 0.15) is 0 Å². The summed E-state index contributed by atoms with van der Waals surface area (Å²) in [5, 5.41) is 8.46. The van der Waals surface area contributed by atoms with Crippen LogP contribution in [0.15, 0.2) is 45.5 Å². The van der Waals surface area contributed by atoms with E-state index in [-0.39, 0.29) is 6.04 Å². The molecule has 0 atom stereocenters. The van der Waals surface area contributed by atoms with Gasteiger partial charge in [-0.3, -0.25) is 0 Å². The third-order valence-electron chi connectivity index (χ3n) is 3.66. The van der Waals surface area contributed by atoms with E-state index in [1.807, 2.05) is 19.9 Å². The molecule has 1 fully saturated rings. The summed E-state index contributed by atoms with van der Waals surface area (Å²) >= 11 is 0. The van der Waals surface area contributed by atoms with Crippen molar-refractivity contribution in [3.05, 3.63) is 30.3 Å². The molecule has 0 radical (unpaired) electrons. The Labute approximate surface area is 121 Å². The van der Waals surface area contributed by atoms with Crippen LogP contribution in [0.4, 0.5) is 0 Å². The Morgan fingerprint density at radius 1 is 1.05 bits per heavy atom. The molecule has 1 aliphatic rings. The Hall–Kier alpha value is -1.23. The molecular formula is C15H22N2O2S. The van der Waals surface area contributed by atoms with Crippen LogP contribution in [-0.4, -0.2) is 19.3 Å². The summed E-state index contributed by atoms with van der Waals surface area (Å²) < 4.78 is 25.9. The predicted octanol–water partition coefficient (Wildman–Crippen LogP) is 3.98. The molecule has 0 aromatic heterocycles. The van der Waals surface area contributed by atoms with Crippen molar-refractivity contribution in [3.8, 4) is 0 Å². The zero-order valence-electron chi connectivity index (χ0n) is 12.1. The maximum absolute atomic E-state index is 13.0. The molecule has 110 valence electrons. The molecule has 0 saturated heterocycles. The highest BCUT2D eigenvalue weighted by molar-refractivity contribution is 7.92. The van der Waals surface area contributed by atoms with E-state index in [0.717, 1.165) is 19.3 Å². The summed E-state index contributed by atoms with van der Waals surface area (Å²) in [5.74, 6) is 0. The van der Waals surface area contributed by atoms with Gasteiger partial charge in [0.2, 0.25) is 9.84 Å². The Morgan fingerprint density at radius 2 is 1.65 bits per heavy atom. The summed E-state index contributed by atoms with van der Waals surface area (Å²) in [4.78, 5) is -0.707. The van der Waals surface area contributed by atoms with Gasteiger partial charge < -0.3 is 0 Å². The Balaban J connectivity index is 2.46. The average Bonchev–Trinajstić information content (AvgIpc) is 2.47. The van der Waals surface area contributed by atoms with Crippen LogP contribution in [0.2, 0.25) is 0 Å². The molecular weight excluding hydrogens is 272 g/mol. The van der Waals surface area contributed by atoms with Crippen LogP contribution in [-0.2, 0) is 9.84 Å². The first-order valence-electron chi connectivity index (χ1n) is 7.20. The summed E-state index contributed by atoms with van der Waals surface area (Å²) in [6, 6.07) is 8.64. The van der Waals surface area contributed by atoms with Crippen molar-refractivity contribution in [1.29, 1.82) is 0 Å². The molecule has 0 aliphatic heterocycles. The SMILES string of the molecule is CC(C)N=NC1(S(=O)(=O)c2ccccc2)CCCCC1. The van der Waals surface area contributed by atoms with Crippen molar-refractivity contribution < 1.29 is 8.42 Å². The first-order valence-corrected chi connectivity index (χ1v) is 8.68. The Morgan fingerprint density at radius 3 is 2.20 bits per heavy atom. The number of hydrogen-bond acceptors (Lipinski definition) is 4. The smallest absolute Gasteiger partial charge is 0.205 e. The number of hydrogen-bond donors (Lipinski definition) is 0. The lowest BCUT2D eigenvalue weighted by Gasteiger charge is -2.32. The van der Waals surface area contributed by atoms with Crippen LogP contribution in [0.5, 0.6) is 0 Å². The fourth-order valence-electron chi connectivity index (χ4n) is 2.57. The van der Waals surface area contributed by atoms with Crippen LogP contribution in [0.3, 0.4) is 0 Å². The maximum Gasteiger partial charge on any atom is 0.205 e. The zero-order valence-corrected chi connectivity index (χ0v) is 12.9. The molecule has 0 spiro atoms. The fraction of sp³-hybridized carbons (Fsp3) is 0.600. The predicted molar refractivity (Wildman–Crippen MR) is 79.4 cm³/mol. The van der Waals surface area contributed by atoms with Crippen molar-refractivity contribution in [2.45, 2.75) is 61.8 Å². The number of nitrogens with zero attached hydrogens (tertiary/aromatic N) is 2. The standard InChI is InChI=1S/C15H22N2O2S/c1-13(2)16-17-15(11-7-4-8-12-15)20(18,19)14-9-5-3-6-10-14/h3,5-6,9-10,13H,4,7-8,11-12H2,1-2H3. The fourth-order valence-corrected chi connectivity index (χ4v) is 4.50. The molecule has 1 aliphatic carbocycles. The minimum absolute atomic E-state index is 0.0137. The van der Waals surface area contributed by atoms with Crippen LogP contribution >= 0.6 is 0 Å². The molecule has 5 heteroatoms. The lowest BCUT2D eigenvalue weighted by atomic mass is 9.95. The second-order valence-corrected chi connectivity index (χ2v) is 7.87. The second kappa shape index (κ2) is 6.04. The molecule has 0 amide bonds. The van der Waals surface area contributed by atoms with E-state index in [9.17, 15) is 8.42 Å². The first kappa shape index (κ1) is 15.2. The van der Waals surface area contributed by atoms with Gasteiger partial charge in [-0.15, -0.1) is 0 Å². The summed E-state index contributed by atoms with van der Waals surface area (Å²) in [6.07, 6.45) is 4.00. The van der Waals surface area contributed by atoms with E-state index in [0.29, 0.717) is 17.7 Å². The average molecular weight is 294 g/mol. The monoisotopic (exact) mass is 294 g/mol. The summed E-state index contributed by atoms with van der Waals surface area (Å²) in [5.41, 5.74) is 0. The largest absolute Gasteiger partial charge is 0.221 e. The minimum atomic E-state index is -3.48. The van der Waals surface area contributed by atoms with E-state index in [4.69, 9.17) is 0 Å². The normalized spacial score (nSPS) is 19.6. The molecule has 0 N–H and O–H groups in total. The Bertz CT molecular complexity index is 559. The first-order chi connectivity index (χ1) is 9.48. The molecule has 1 saturated carbocycles. The molecule has 0 heterocycles. The van der Waals surface area contributed by atoms with Crippen molar-refractivity contribution >= 4 is 9.84 Å². The van der Waals surface area contributed by atoms with Gasteiger partial charge in [-0.2, -0.15) is 10.2 Å². The van der Waals surface area contributed by atoms with E-state index in [2.05, 4.69) is 10.2 Å². The summed E-state index contributed by atoms with van der Waals surface area (Å²) in [7, 11) is -3.48.